The molecule has 2 aromatic rings. The second-order valence-corrected chi connectivity index (χ2v) is 6.90. The molecular weight excluding hydrogens is 278 g/mol. The lowest BCUT2D eigenvalue weighted by molar-refractivity contribution is 0.318. The minimum absolute atomic E-state index is 0.655. The van der Waals surface area contributed by atoms with Crippen molar-refractivity contribution in [2.45, 2.75) is 23.1 Å². The van der Waals surface area contributed by atoms with E-state index in [9.17, 15) is 0 Å². The molecule has 1 aliphatic heterocycles. The Morgan fingerprint density at radius 1 is 1.14 bits per heavy atom. The lowest BCUT2D eigenvalue weighted by Gasteiger charge is -2.21. The zero-order valence-electron chi connectivity index (χ0n) is 12.6. The van der Waals surface area contributed by atoms with E-state index in [2.05, 4.69) is 48.3 Å². The third kappa shape index (κ3) is 3.42. The van der Waals surface area contributed by atoms with Gasteiger partial charge in [0.15, 0.2) is 0 Å². The second-order valence-electron chi connectivity index (χ2n) is 5.56. The summed E-state index contributed by atoms with van der Waals surface area (Å²) in [6.07, 6.45) is 1.18. The fourth-order valence-electron chi connectivity index (χ4n) is 2.89. The smallest absolute Gasteiger partial charge is 0.123 e. The first-order valence-electron chi connectivity index (χ1n) is 7.31. The zero-order chi connectivity index (χ0) is 14.7. The number of hydrogen-bond acceptors (Lipinski definition) is 3. The van der Waals surface area contributed by atoms with Crippen LogP contribution in [0.15, 0.2) is 53.4 Å². The number of thioether (sulfide) groups is 1. The van der Waals surface area contributed by atoms with E-state index in [0.29, 0.717) is 5.25 Å². The van der Waals surface area contributed by atoms with Gasteiger partial charge in [0.2, 0.25) is 0 Å². The van der Waals surface area contributed by atoms with Gasteiger partial charge in [-0.2, -0.15) is 0 Å². The molecule has 21 heavy (non-hydrogen) atoms. The molecule has 1 aliphatic rings. The molecule has 0 bridgehead atoms. The van der Waals surface area contributed by atoms with Gasteiger partial charge < -0.3 is 9.64 Å². The molecular formula is C18H21NOS. The Balaban J connectivity index is 1.59. The van der Waals surface area contributed by atoms with Gasteiger partial charge in [-0.25, -0.2) is 0 Å². The number of hydrogen-bond donors (Lipinski definition) is 0. The first-order chi connectivity index (χ1) is 10.3. The molecule has 3 rings (SSSR count). The van der Waals surface area contributed by atoms with Crippen LogP contribution in [-0.2, 0) is 13.0 Å². The lowest BCUT2D eigenvalue weighted by Crippen LogP contribution is -2.27. The largest absolute Gasteiger partial charge is 0.496 e. The van der Waals surface area contributed by atoms with Crippen LogP contribution in [0, 0.1) is 0 Å². The highest BCUT2D eigenvalue weighted by molar-refractivity contribution is 8.00. The number of ether oxygens (including phenoxy) is 1. The normalized spacial score (nSPS) is 17.0. The Morgan fingerprint density at radius 2 is 1.90 bits per heavy atom. The third-order valence-corrected chi connectivity index (χ3v) is 5.16. The molecule has 1 heterocycles. The van der Waals surface area contributed by atoms with Crippen LogP contribution in [0.4, 0.5) is 0 Å². The van der Waals surface area contributed by atoms with Gasteiger partial charge in [-0.05, 0) is 31.2 Å². The third-order valence-electron chi connectivity index (χ3n) is 3.86. The summed E-state index contributed by atoms with van der Waals surface area (Å²) >= 11 is 2.01. The highest BCUT2D eigenvalue weighted by Gasteiger charge is 2.23. The molecule has 110 valence electrons. The Labute approximate surface area is 131 Å². The Morgan fingerprint density at radius 3 is 2.71 bits per heavy atom. The van der Waals surface area contributed by atoms with E-state index in [0.717, 1.165) is 18.8 Å². The molecule has 1 unspecified atom stereocenters. The van der Waals surface area contributed by atoms with Crippen molar-refractivity contribution in [2.75, 3.05) is 20.7 Å². The minimum atomic E-state index is 0.655. The standard InChI is InChI=1S/C18H21NOS/c1-19(12-15-8-3-5-9-17(15)20-2)13-16-11-14-7-4-6-10-18(14)21-16/h3-10,16H,11-13H2,1-2H3. The molecule has 0 fully saturated rings. The van der Waals surface area contributed by atoms with Crippen LogP contribution < -0.4 is 4.74 Å². The summed E-state index contributed by atoms with van der Waals surface area (Å²) in [7, 11) is 3.93. The number of rotatable bonds is 5. The Hall–Kier alpha value is -1.45. The lowest BCUT2D eigenvalue weighted by atomic mass is 10.1. The maximum Gasteiger partial charge on any atom is 0.123 e. The van der Waals surface area contributed by atoms with E-state index in [1.54, 1.807) is 7.11 Å². The average Bonchev–Trinajstić information content (AvgIpc) is 2.89. The van der Waals surface area contributed by atoms with Crippen LogP contribution in [0.3, 0.4) is 0 Å². The van der Waals surface area contributed by atoms with E-state index >= 15 is 0 Å². The van der Waals surface area contributed by atoms with Crippen molar-refractivity contribution in [3.8, 4) is 5.75 Å². The highest BCUT2D eigenvalue weighted by atomic mass is 32.2. The predicted octanol–water partition coefficient (Wildman–Crippen LogP) is 3.84. The molecule has 0 saturated heterocycles. The Bertz CT molecular complexity index is 589. The molecule has 3 heteroatoms. The van der Waals surface area contributed by atoms with E-state index in [1.807, 2.05) is 23.9 Å². The van der Waals surface area contributed by atoms with Gasteiger partial charge >= 0.3 is 0 Å². The molecule has 0 N–H and O–H groups in total. The summed E-state index contributed by atoms with van der Waals surface area (Å²) in [6.45, 7) is 2.02. The molecule has 0 amide bonds. The van der Waals surface area contributed by atoms with Crippen molar-refractivity contribution in [1.29, 1.82) is 0 Å². The van der Waals surface area contributed by atoms with Gasteiger partial charge in [0, 0.05) is 28.8 Å². The van der Waals surface area contributed by atoms with Crippen molar-refractivity contribution < 1.29 is 4.74 Å². The van der Waals surface area contributed by atoms with Crippen molar-refractivity contribution in [2.24, 2.45) is 0 Å². The first kappa shape index (κ1) is 14.5. The summed E-state index contributed by atoms with van der Waals surface area (Å²) in [5.41, 5.74) is 2.75. The number of methoxy groups -OCH3 is 1. The number of para-hydroxylation sites is 1. The number of nitrogens with zero attached hydrogens (tertiary/aromatic N) is 1. The van der Waals surface area contributed by atoms with Crippen LogP contribution in [0.1, 0.15) is 11.1 Å². The fourth-order valence-corrected chi connectivity index (χ4v) is 4.30. The van der Waals surface area contributed by atoms with Crippen LogP contribution >= 0.6 is 11.8 Å². The Kier molecular flexibility index (Phi) is 4.51. The van der Waals surface area contributed by atoms with Gasteiger partial charge in [-0.1, -0.05) is 36.4 Å². The number of fused-ring (bicyclic) bond motifs is 1. The van der Waals surface area contributed by atoms with Crippen molar-refractivity contribution >= 4 is 11.8 Å². The summed E-state index contributed by atoms with van der Waals surface area (Å²) in [6, 6.07) is 17.0. The van der Waals surface area contributed by atoms with Crippen molar-refractivity contribution in [1.82, 2.24) is 4.90 Å². The first-order valence-corrected chi connectivity index (χ1v) is 8.19. The molecule has 1 atom stereocenters. The van der Waals surface area contributed by atoms with Gasteiger partial charge in [0.05, 0.1) is 7.11 Å². The van der Waals surface area contributed by atoms with Gasteiger partial charge in [-0.3, -0.25) is 0 Å². The zero-order valence-corrected chi connectivity index (χ0v) is 13.4. The fraction of sp³-hybridized carbons (Fsp3) is 0.333. The second kappa shape index (κ2) is 6.54. The molecule has 2 aromatic carbocycles. The van der Waals surface area contributed by atoms with E-state index in [4.69, 9.17) is 4.74 Å². The van der Waals surface area contributed by atoms with E-state index in [-0.39, 0.29) is 0 Å². The summed E-state index contributed by atoms with van der Waals surface area (Å²) < 4.78 is 5.43. The summed E-state index contributed by atoms with van der Waals surface area (Å²) in [5.74, 6) is 0.978. The maximum atomic E-state index is 5.43. The SMILES string of the molecule is COc1ccccc1CN(C)CC1Cc2ccccc2S1. The highest BCUT2D eigenvalue weighted by Crippen LogP contribution is 2.37. The molecule has 0 aliphatic carbocycles. The molecule has 0 saturated carbocycles. The van der Waals surface area contributed by atoms with Gasteiger partial charge in [0.25, 0.3) is 0 Å². The topological polar surface area (TPSA) is 12.5 Å². The summed E-state index contributed by atoms with van der Waals surface area (Å²) in [4.78, 5) is 3.84. The van der Waals surface area contributed by atoms with Crippen molar-refractivity contribution in [3.63, 3.8) is 0 Å². The predicted molar refractivity (Wildman–Crippen MR) is 89.1 cm³/mol. The summed E-state index contributed by atoms with van der Waals surface area (Å²) in [5, 5.41) is 0.655. The van der Waals surface area contributed by atoms with Gasteiger partial charge in [-0.15, -0.1) is 11.8 Å². The van der Waals surface area contributed by atoms with Crippen molar-refractivity contribution in [3.05, 3.63) is 59.7 Å². The van der Waals surface area contributed by atoms with Gasteiger partial charge in [0.1, 0.15) is 5.75 Å². The van der Waals surface area contributed by atoms with Crippen LogP contribution in [0.5, 0.6) is 5.75 Å². The maximum absolute atomic E-state index is 5.43. The minimum Gasteiger partial charge on any atom is -0.496 e. The van der Waals surface area contributed by atoms with E-state index < -0.39 is 0 Å². The van der Waals surface area contributed by atoms with Crippen LogP contribution in [-0.4, -0.2) is 30.9 Å². The van der Waals surface area contributed by atoms with Crippen LogP contribution in [0.25, 0.3) is 0 Å². The van der Waals surface area contributed by atoms with Crippen LogP contribution in [0.2, 0.25) is 0 Å². The number of benzene rings is 2. The molecule has 2 nitrogen and oxygen atoms in total. The average molecular weight is 299 g/mol. The van der Waals surface area contributed by atoms with E-state index in [1.165, 1.54) is 22.4 Å². The monoisotopic (exact) mass is 299 g/mol. The molecule has 0 radical (unpaired) electrons. The molecule has 0 aromatic heterocycles. The quantitative estimate of drug-likeness (QED) is 0.832. The molecule has 0 spiro atoms.